The molecule has 0 radical (unpaired) electrons. The number of hydrogen-bond donors (Lipinski definition) is 1. The number of aliphatic hydroxyl groups excluding tert-OH is 1. The lowest BCUT2D eigenvalue weighted by Gasteiger charge is -2.27. The molecular weight excluding hydrogens is 410 g/mol. The molecule has 0 spiro atoms. The second-order valence-corrected chi connectivity index (χ2v) is 7.41. The Bertz CT molecular complexity index is 985. The van der Waals surface area contributed by atoms with Crippen LogP contribution < -0.4 is 9.47 Å². The van der Waals surface area contributed by atoms with E-state index in [1.807, 2.05) is 37.3 Å². The number of aliphatic hydroxyl groups is 1. The molecule has 32 heavy (non-hydrogen) atoms. The number of methoxy groups -OCH3 is 2. The van der Waals surface area contributed by atoms with E-state index in [2.05, 4.69) is 0 Å². The van der Waals surface area contributed by atoms with Crippen LogP contribution in [0.1, 0.15) is 30.5 Å². The van der Waals surface area contributed by atoms with Gasteiger partial charge in [-0.25, -0.2) is 0 Å². The molecule has 1 atom stereocenters. The van der Waals surface area contributed by atoms with Crippen molar-refractivity contribution in [2.75, 3.05) is 34.0 Å². The molecule has 0 saturated heterocycles. The molecule has 2 aromatic carbocycles. The maximum atomic E-state index is 13.2. The maximum Gasteiger partial charge on any atom is 0.290 e. The van der Waals surface area contributed by atoms with Gasteiger partial charge >= 0.3 is 0 Å². The van der Waals surface area contributed by atoms with Gasteiger partial charge in [0.25, 0.3) is 5.91 Å². The number of carbonyl (C=O) groups is 2. The number of ketones is 1. The molecule has 1 heterocycles. The zero-order valence-corrected chi connectivity index (χ0v) is 18.7. The fourth-order valence-corrected chi connectivity index (χ4v) is 3.87. The molecule has 0 aliphatic carbocycles. The van der Waals surface area contributed by atoms with Gasteiger partial charge in [-0.05, 0) is 36.6 Å². The number of Topliss-reactive ketones (excluding diaryl/α,β-unsaturated/α-hetero) is 1. The van der Waals surface area contributed by atoms with Gasteiger partial charge in [-0.1, -0.05) is 36.4 Å². The number of ether oxygens (including phenoxy) is 3. The maximum absolute atomic E-state index is 13.2. The lowest BCUT2D eigenvalue weighted by atomic mass is 9.93. The second kappa shape index (κ2) is 10.8. The van der Waals surface area contributed by atoms with Gasteiger partial charge < -0.3 is 24.2 Å². The van der Waals surface area contributed by atoms with Crippen molar-refractivity contribution in [1.29, 1.82) is 0 Å². The Labute approximate surface area is 188 Å². The van der Waals surface area contributed by atoms with Crippen LogP contribution in [0.4, 0.5) is 0 Å². The molecule has 1 unspecified atom stereocenters. The third kappa shape index (κ3) is 4.94. The van der Waals surface area contributed by atoms with E-state index in [9.17, 15) is 14.7 Å². The van der Waals surface area contributed by atoms with Gasteiger partial charge in [-0.15, -0.1) is 0 Å². The topological polar surface area (TPSA) is 85.3 Å². The van der Waals surface area contributed by atoms with E-state index in [0.717, 1.165) is 5.56 Å². The summed E-state index contributed by atoms with van der Waals surface area (Å²) in [6.07, 6.45) is 0.696. The van der Waals surface area contributed by atoms with Gasteiger partial charge in [0.2, 0.25) is 0 Å². The first-order chi connectivity index (χ1) is 15.5. The van der Waals surface area contributed by atoms with Gasteiger partial charge in [0.05, 0.1) is 31.9 Å². The summed E-state index contributed by atoms with van der Waals surface area (Å²) in [6.45, 7) is 2.85. The number of aryl methyl sites for hydroxylation is 1. The molecule has 0 bridgehead atoms. The second-order valence-electron chi connectivity index (χ2n) is 7.41. The number of benzene rings is 2. The molecule has 7 heteroatoms. The van der Waals surface area contributed by atoms with Crippen LogP contribution in [0.15, 0.2) is 59.9 Å². The summed E-state index contributed by atoms with van der Waals surface area (Å²) >= 11 is 0. The Morgan fingerprint density at radius 1 is 1.09 bits per heavy atom. The fraction of sp³-hybridized carbons (Fsp3) is 0.360. The highest BCUT2D eigenvalue weighted by Crippen LogP contribution is 2.41. The van der Waals surface area contributed by atoms with Crippen LogP contribution in [0.3, 0.4) is 0 Å². The van der Waals surface area contributed by atoms with Crippen molar-refractivity contribution in [2.24, 2.45) is 0 Å². The van der Waals surface area contributed by atoms with Gasteiger partial charge in [-0.3, -0.25) is 9.59 Å². The number of hydrogen-bond acceptors (Lipinski definition) is 6. The highest BCUT2D eigenvalue weighted by molar-refractivity contribution is 6.09. The zero-order chi connectivity index (χ0) is 23.1. The summed E-state index contributed by atoms with van der Waals surface area (Å²) in [5.41, 5.74) is 1.77. The third-order valence-electron chi connectivity index (χ3n) is 5.43. The van der Waals surface area contributed by atoms with Gasteiger partial charge in [0.1, 0.15) is 0 Å². The molecule has 0 fully saturated rings. The average molecular weight is 440 g/mol. The van der Waals surface area contributed by atoms with E-state index in [0.29, 0.717) is 30.1 Å². The van der Waals surface area contributed by atoms with Crippen molar-refractivity contribution in [2.45, 2.75) is 25.8 Å². The van der Waals surface area contributed by atoms with Crippen molar-refractivity contribution < 1.29 is 28.9 Å². The minimum atomic E-state index is -0.731. The standard InChI is InChI=1S/C25H29NO6/c1-4-32-20-13-11-18(16-21(20)31-3)23-22(24(28)25(29)26(23)14-15-30-2)19(27)12-10-17-8-6-5-7-9-17/h5-9,11,13,16,23,28H,4,10,12,14-15H2,1-3H3. The number of carbonyl (C=O) groups excluding carboxylic acids is 2. The zero-order valence-electron chi connectivity index (χ0n) is 18.7. The minimum Gasteiger partial charge on any atom is -0.503 e. The average Bonchev–Trinajstić information content (AvgIpc) is 3.07. The molecule has 1 aliphatic heterocycles. The quantitative estimate of drug-likeness (QED) is 0.575. The third-order valence-corrected chi connectivity index (χ3v) is 5.43. The SMILES string of the molecule is CCOc1ccc(C2C(C(=O)CCc3ccccc3)=C(O)C(=O)N2CCOC)cc1OC. The molecule has 1 amide bonds. The normalized spacial score (nSPS) is 15.9. The highest BCUT2D eigenvalue weighted by Gasteiger charge is 2.43. The van der Waals surface area contributed by atoms with Crippen molar-refractivity contribution in [3.8, 4) is 11.5 Å². The predicted octanol–water partition coefficient (Wildman–Crippen LogP) is 3.64. The first kappa shape index (κ1) is 23.3. The largest absolute Gasteiger partial charge is 0.503 e. The molecule has 170 valence electrons. The van der Waals surface area contributed by atoms with Crippen LogP contribution in [-0.4, -0.2) is 55.7 Å². The Hall–Kier alpha value is -3.32. The summed E-state index contributed by atoms with van der Waals surface area (Å²) in [5, 5.41) is 10.7. The van der Waals surface area contributed by atoms with Gasteiger partial charge in [0.15, 0.2) is 23.0 Å². The lowest BCUT2D eigenvalue weighted by Crippen LogP contribution is -2.34. The summed E-state index contributed by atoms with van der Waals surface area (Å²) < 4.78 is 16.2. The number of amides is 1. The Balaban J connectivity index is 1.95. The number of rotatable bonds is 11. The van der Waals surface area contributed by atoms with Crippen LogP contribution >= 0.6 is 0 Å². The van der Waals surface area contributed by atoms with E-state index in [1.54, 1.807) is 18.2 Å². The van der Waals surface area contributed by atoms with Crippen molar-refractivity contribution in [3.05, 3.63) is 71.0 Å². The van der Waals surface area contributed by atoms with Crippen molar-refractivity contribution >= 4 is 11.7 Å². The van der Waals surface area contributed by atoms with Crippen molar-refractivity contribution in [3.63, 3.8) is 0 Å². The fourth-order valence-electron chi connectivity index (χ4n) is 3.87. The van der Waals surface area contributed by atoms with E-state index in [1.165, 1.54) is 19.1 Å². The van der Waals surface area contributed by atoms with E-state index in [4.69, 9.17) is 14.2 Å². The number of nitrogens with zero attached hydrogens (tertiary/aromatic N) is 1. The summed E-state index contributed by atoms with van der Waals surface area (Å²) in [4.78, 5) is 27.5. The predicted molar refractivity (Wildman–Crippen MR) is 120 cm³/mol. The van der Waals surface area contributed by atoms with E-state index in [-0.39, 0.29) is 30.9 Å². The molecule has 0 aromatic heterocycles. The molecule has 1 N–H and O–H groups in total. The van der Waals surface area contributed by atoms with E-state index >= 15 is 0 Å². The molecular formula is C25H29NO6. The Morgan fingerprint density at radius 2 is 1.84 bits per heavy atom. The lowest BCUT2D eigenvalue weighted by molar-refractivity contribution is -0.130. The van der Waals surface area contributed by atoms with Crippen LogP contribution in [0.5, 0.6) is 11.5 Å². The minimum absolute atomic E-state index is 0.105. The summed E-state index contributed by atoms with van der Waals surface area (Å²) in [6, 6.07) is 14.2. The van der Waals surface area contributed by atoms with Gasteiger partial charge in [-0.2, -0.15) is 0 Å². The van der Waals surface area contributed by atoms with Crippen LogP contribution in [0, 0.1) is 0 Å². The Kier molecular flexibility index (Phi) is 7.89. The summed E-state index contributed by atoms with van der Waals surface area (Å²) in [7, 11) is 3.07. The van der Waals surface area contributed by atoms with Crippen LogP contribution in [0.2, 0.25) is 0 Å². The van der Waals surface area contributed by atoms with E-state index < -0.39 is 17.7 Å². The molecule has 0 saturated carbocycles. The Morgan fingerprint density at radius 3 is 2.50 bits per heavy atom. The highest BCUT2D eigenvalue weighted by atomic mass is 16.5. The molecule has 3 rings (SSSR count). The molecule has 1 aliphatic rings. The first-order valence-electron chi connectivity index (χ1n) is 10.6. The first-order valence-corrected chi connectivity index (χ1v) is 10.6. The molecule has 2 aromatic rings. The van der Waals surface area contributed by atoms with Crippen molar-refractivity contribution in [1.82, 2.24) is 4.90 Å². The van der Waals surface area contributed by atoms with Gasteiger partial charge in [0, 0.05) is 20.1 Å². The van der Waals surface area contributed by atoms with Crippen LogP contribution in [-0.2, 0) is 20.7 Å². The summed E-state index contributed by atoms with van der Waals surface area (Å²) in [5.74, 6) is -0.292. The molecule has 7 nitrogen and oxygen atoms in total. The van der Waals surface area contributed by atoms with Crippen LogP contribution in [0.25, 0.3) is 0 Å². The monoisotopic (exact) mass is 439 g/mol. The smallest absolute Gasteiger partial charge is 0.290 e.